The number of fused-ring (bicyclic) bond motifs is 1. The van der Waals surface area contributed by atoms with Crippen LogP contribution in [0.4, 0.5) is 5.82 Å². The molecule has 0 aromatic carbocycles. The third-order valence-corrected chi connectivity index (χ3v) is 10.1. The predicted molar refractivity (Wildman–Crippen MR) is 193 cm³/mol. The van der Waals surface area contributed by atoms with E-state index in [1.165, 1.54) is 13.8 Å². The van der Waals surface area contributed by atoms with Crippen molar-refractivity contribution in [3.8, 4) is 0 Å². The fourth-order valence-corrected chi connectivity index (χ4v) is 6.76. The quantitative estimate of drug-likeness (QED) is 0.0167. The zero-order chi connectivity index (χ0) is 45.1. The maximum atomic E-state index is 12.4. The third kappa shape index (κ3) is 16.1. The number of nitrogens with two attached hydrogens (primary N) is 1. The van der Waals surface area contributed by atoms with Gasteiger partial charge in [0.05, 0.1) is 12.9 Å². The number of thioether (sulfide) groups is 1. The number of anilines is 1. The fraction of sp³-hybridized carbons (Fsp3) is 0.577. The number of carbonyl (C=O) groups is 4. The van der Waals surface area contributed by atoms with E-state index < -0.39 is 95.6 Å². The molecule has 3 heterocycles. The lowest BCUT2D eigenvalue weighted by Crippen LogP contribution is -2.46. The van der Waals surface area contributed by atoms with Gasteiger partial charge in [0.2, 0.25) is 11.8 Å². The number of hydrogen-bond donors (Lipinski definition) is 10. The van der Waals surface area contributed by atoms with Gasteiger partial charge < -0.3 is 51.1 Å². The number of nitrogens with one attached hydrogen (secondary N) is 2. The second-order valence-corrected chi connectivity index (χ2v) is 17.6. The molecule has 0 spiro atoms. The molecule has 1 saturated heterocycles. The molecule has 7 atom stereocenters. The number of rotatable bonds is 26. The van der Waals surface area contributed by atoms with Crippen molar-refractivity contribution in [2.45, 2.75) is 57.3 Å². The van der Waals surface area contributed by atoms with Crippen LogP contribution >= 0.6 is 35.2 Å². The molecule has 338 valence electrons. The smallest absolute Gasteiger partial charge is 0.478 e. The van der Waals surface area contributed by atoms with Crippen LogP contribution in [0.3, 0.4) is 0 Å². The average molecular weight is 944 g/mol. The first-order valence-electron chi connectivity index (χ1n) is 16.4. The highest BCUT2D eigenvalue weighted by Gasteiger charge is 2.49. The minimum atomic E-state index is -5.53. The summed E-state index contributed by atoms with van der Waals surface area (Å²) in [5, 5.41) is 42.1. The zero-order valence-electron chi connectivity index (χ0n) is 31.0. The highest BCUT2D eigenvalue weighted by atomic mass is 32.2. The number of phosphoric acid groups is 3. The highest BCUT2D eigenvalue weighted by Crippen LogP contribution is 2.50. The highest BCUT2D eigenvalue weighted by molar-refractivity contribution is 8.13. The molecule has 2 amide bonds. The first-order chi connectivity index (χ1) is 27.8. The number of ether oxygens (including phenoxy) is 1. The number of carboxylic acids is 1. The van der Waals surface area contributed by atoms with Gasteiger partial charge in [0.15, 0.2) is 22.8 Å². The summed E-state index contributed by atoms with van der Waals surface area (Å²) < 4.78 is 63.5. The SMILES string of the molecule is C=C(CC(=O)SCCNC(=O)CCNC(=O)C(O)C(C)(C)COP(=O)(O)OOOP(=O)(O)OOOC[C@H]1O[C@@H](n2cnc3c(N)ncnc32)[C@H](O)[C@H]1OP(=O)(O)O)C(=O)O. The molecule has 0 aliphatic carbocycles. The monoisotopic (exact) mass is 943 g/mol. The normalized spacial score (nSPS) is 20.9. The minimum absolute atomic E-state index is 0.0358. The summed E-state index contributed by atoms with van der Waals surface area (Å²) in [7, 11) is -16.1. The lowest BCUT2D eigenvalue weighted by atomic mass is 9.87. The summed E-state index contributed by atoms with van der Waals surface area (Å²) in [6.45, 7) is 3.68. The van der Waals surface area contributed by atoms with Crippen molar-refractivity contribution in [3.05, 3.63) is 24.8 Å². The Morgan fingerprint density at radius 2 is 1.70 bits per heavy atom. The molecular formula is C26H40N7O23P3S. The number of aliphatic hydroxyl groups excluding tert-OH is 2. The maximum Gasteiger partial charge on any atom is 0.531 e. The Morgan fingerprint density at radius 1 is 1.03 bits per heavy atom. The molecule has 0 radical (unpaired) electrons. The zero-order valence-corrected chi connectivity index (χ0v) is 34.5. The van der Waals surface area contributed by atoms with Crippen molar-refractivity contribution < 1.29 is 111 Å². The number of hydrogen-bond acceptors (Lipinski definition) is 23. The molecule has 30 nitrogen and oxygen atoms in total. The van der Waals surface area contributed by atoms with Gasteiger partial charge in [-0.25, -0.2) is 38.3 Å². The third-order valence-electron chi connectivity index (χ3n) is 7.47. The Labute approximate surface area is 340 Å². The van der Waals surface area contributed by atoms with Crippen molar-refractivity contribution in [2.75, 3.05) is 37.8 Å². The molecule has 3 unspecified atom stereocenters. The van der Waals surface area contributed by atoms with E-state index in [2.05, 4.69) is 70.2 Å². The summed E-state index contributed by atoms with van der Waals surface area (Å²) in [6.07, 6.45) is -7.02. The predicted octanol–water partition coefficient (Wildman–Crippen LogP) is -1.58. The van der Waals surface area contributed by atoms with Crippen LogP contribution in [0.25, 0.3) is 11.2 Å². The number of phosphoric ester groups is 2. The van der Waals surface area contributed by atoms with Crippen LogP contribution in [0.15, 0.2) is 24.8 Å². The summed E-state index contributed by atoms with van der Waals surface area (Å²) in [5.74, 6) is -2.75. The van der Waals surface area contributed by atoms with Crippen molar-refractivity contribution in [1.82, 2.24) is 30.2 Å². The fourth-order valence-electron chi connectivity index (χ4n) is 4.53. The van der Waals surface area contributed by atoms with Gasteiger partial charge in [-0.05, 0) is 5.04 Å². The van der Waals surface area contributed by atoms with E-state index in [0.717, 1.165) is 29.0 Å². The van der Waals surface area contributed by atoms with Gasteiger partial charge in [-0.15, -0.1) is 0 Å². The maximum absolute atomic E-state index is 12.4. The molecule has 1 aliphatic heterocycles. The standard InChI is InChI=1S/C26H40N7O23P3S/c1-13(25(39)40)8-16(35)60-7-6-28-15(34)4-5-29-23(38)20(37)26(2,3)10-49-58(44,45)55-53-56-59(46,47)54-52-48-9-14-19(51-57(41,42)43)18(36)24(50-14)33-12-32-17-21(27)30-11-31-22(17)33/h11-12,14,18-20,24,36-37H,1,4-10H2,2-3H3,(H,28,34)(H,29,38)(H,39,40)(H,44,45)(H,46,47)(H2,27,30,31)(H2,41,42,43)/t14-,18-,19+,20?,24-/m1/s1. The molecule has 3 rings (SSSR count). The number of amides is 2. The second-order valence-electron chi connectivity index (χ2n) is 12.6. The van der Waals surface area contributed by atoms with Crippen LogP contribution in [0.5, 0.6) is 0 Å². The van der Waals surface area contributed by atoms with Gasteiger partial charge in [-0.3, -0.25) is 32.9 Å². The van der Waals surface area contributed by atoms with Crippen molar-refractivity contribution in [1.29, 1.82) is 0 Å². The van der Waals surface area contributed by atoms with Crippen LogP contribution in [0.2, 0.25) is 0 Å². The Bertz CT molecular complexity index is 2000. The van der Waals surface area contributed by atoms with Gasteiger partial charge in [-0.1, -0.05) is 51.2 Å². The number of carboxylic acid groups (broad SMARTS) is 1. The molecule has 2 aromatic rings. The van der Waals surface area contributed by atoms with E-state index >= 15 is 0 Å². The van der Waals surface area contributed by atoms with Gasteiger partial charge in [0.1, 0.15) is 42.9 Å². The van der Waals surface area contributed by atoms with E-state index in [0.29, 0.717) is 0 Å². The van der Waals surface area contributed by atoms with E-state index in [1.54, 1.807) is 0 Å². The van der Waals surface area contributed by atoms with E-state index in [4.69, 9.17) is 15.6 Å². The molecule has 11 N–H and O–H groups in total. The van der Waals surface area contributed by atoms with Crippen LogP contribution in [0, 0.1) is 5.41 Å². The Kier molecular flexibility index (Phi) is 18.8. The van der Waals surface area contributed by atoms with Crippen molar-refractivity contribution in [2.24, 2.45) is 5.41 Å². The first-order valence-corrected chi connectivity index (χ1v) is 22.0. The lowest BCUT2D eigenvalue weighted by Gasteiger charge is -2.29. The molecule has 0 saturated carbocycles. The number of imidazole rings is 1. The van der Waals surface area contributed by atoms with Crippen molar-refractivity contribution >= 4 is 75.1 Å². The number of aromatic nitrogens is 4. The molecule has 2 aromatic heterocycles. The van der Waals surface area contributed by atoms with Gasteiger partial charge >= 0.3 is 29.4 Å². The van der Waals surface area contributed by atoms with Gasteiger partial charge in [-0.2, -0.15) is 0 Å². The number of aliphatic carboxylic acids is 1. The minimum Gasteiger partial charge on any atom is -0.478 e. The van der Waals surface area contributed by atoms with Crippen molar-refractivity contribution in [3.63, 3.8) is 0 Å². The van der Waals surface area contributed by atoms with Crippen LogP contribution in [-0.4, -0.2) is 134 Å². The largest absolute Gasteiger partial charge is 0.531 e. The summed E-state index contributed by atoms with van der Waals surface area (Å²) in [6, 6.07) is 0. The Hall–Kier alpha value is -3.39. The molecule has 34 heteroatoms. The molecule has 0 bridgehead atoms. The van der Waals surface area contributed by atoms with E-state index in [1.807, 2.05) is 0 Å². The Balaban J connectivity index is 1.37. The summed E-state index contributed by atoms with van der Waals surface area (Å²) in [4.78, 5) is 101. The van der Waals surface area contributed by atoms with Crippen LogP contribution in [0.1, 0.15) is 32.9 Å². The molecule has 1 aliphatic rings. The Morgan fingerprint density at radius 3 is 2.37 bits per heavy atom. The summed E-state index contributed by atoms with van der Waals surface area (Å²) in [5.41, 5.74) is 4.00. The van der Waals surface area contributed by atoms with Crippen LogP contribution in [-0.2, 0) is 75.6 Å². The average Bonchev–Trinajstić information content (AvgIpc) is 3.70. The van der Waals surface area contributed by atoms with Gasteiger partial charge in [0, 0.05) is 42.7 Å². The van der Waals surface area contributed by atoms with Gasteiger partial charge in [0.25, 0.3) is 0 Å². The van der Waals surface area contributed by atoms with Crippen LogP contribution < -0.4 is 16.4 Å². The second kappa shape index (κ2) is 22.1. The van der Waals surface area contributed by atoms with E-state index in [-0.39, 0.29) is 54.2 Å². The summed E-state index contributed by atoms with van der Waals surface area (Å²) >= 11 is 0.790. The topological polar surface area (TPSA) is 438 Å². The molecule has 1 fully saturated rings. The lowest BCUT2D eigenvalue weighted by molar-refractivity contribution is -0.494. The number of aliphatic hydroxyl groups is 2. The number of nitrogens with zero attached hydrogens (tertiary/aromatic N) is 4. The van der Waals surface area contributed by atoms with E-state index in [9.17, 15) is 62.7 Å². The first kappa shape index (κ1) is 51.0. The molecular weight excluding hydrogens is 903 g/mol. The number of nitrogen functional groups attached to an aromatic ring is 1. The number of carbonyl (C=O) groups excluding carboxylic acids is 3. The molecule has 60 heavy (non-hydrogen) atoms.